The fraction of sp³-hybridized carbons (Fsp3) is 0.300. The summed E-state index contributed by atoms with van der Waals surface area (Å²) in [7, 11) is 0. The molecule has 0 N–H and O–H groups in total. The second-order valence-electron chi connectivity index (χ2n) is 6.24. The van der Waals surface area contributed by atoms with Crippen LogP contribution in [0.15, 0.2) is 52.7 Å². The van der Waals surface area contributed by atoms with Gasteiger partial charge in [0.25, 0.3) is 0 Å². The van der Waals surface area contributed by atoms with E-state index < -0.39 is 10.9 Å². The minimum Gasteiger partial charge on any atom is -0.450 e. The van der Waals surface area contributed by atoms with E-state index in [1.165, 1.54) is 12.1 Å². The van der Waals surface area contributed by atoms with Crippen LogP contribution in [0.3, 0.4) is 0 Å². The molecule has 30 heavy (non-hydrogen) atoms. The highest BCUT2D eigenvalue weighted by Crippen LogP contribution is 2.35. The van der Waals surface area contributed by atoms with Crippen LogP contribution >= 0.6 is 11.6 Å². The number of carbonyl (C=O) groups is 1. The van der Waals surface area contributed by atoms with Crippen molar-refractivity contribution in [2.24, 2.45) is 10.2 Å². The SMILES string of the molecule is CCN(c1ccc(N=Nc2cccc(Cl)c2[N+](=O)[O-])cc1)C(C)CC(=O)OCC#N. The Morgan fingerprint density at radius 1 is 1.30 bits per heavy atom. The van der Waals surface area contributed by atoms with Crippen LogP contribution in [-0.2, 0) is 9.53 Å². The molecule has 0 radical (unpaired) electrons. The van der Waals surface area contributed by atoms with Crippen LogP contribution in [0.4, 0.5) is 22.7 Å². The Balaban J connectivity index is 2.13. The summed E-state index contributed by atoms with van der Waals surface area (Å²) in [6.45, 7) is 4.25. The van der Waals surface area contributed by atoms with Crippen molar-refractivity contribution < 1.29 is 14.5 Å². The van der Waals surface area contributed by atoms with Crippen LogP contribution in [0, 0.1) is 21.4 Å². The molecule has 1 unspecified atom stereocenters. The Morgan fingerprint density at radius 2 is 2.00 bits per heavy atom. The van der Waals surface area contributed by atoms with Crippen LogP contribution < -0.4 is 4.90 Å². The minimum atomic E-state index is -0.595. The molecule has 0 spiro atoms. The topological polar surface area (TPSA) is 121 Å². The molecule has 10 heteroatoms. The van der Waals surface area contributed by atoms with Crippen molar-refractivity contribution in [3.63, 3.8) is 0 Å². The van der Waals surface area contributed by atoms with Crippen molar-refractivity contribution in [1.82, 2.24) is 0 Å². The first-order valence-electron chi connectivity index (χ1n) is 9.11. The molecule has 2 rings (SSSR count). The number of halogens is 1. The first-order chi connectivity index (χ1) is 14.4. The van der Waals surface area contributed by atoms with E-state index in [2.05, 4.69) is 10.2 Å². The largest absolute Gasteiger partial charge is 0.450 e. The van der Waals surface area contributed by atoms with Gasteiger partial charge in [-0.25, -0.2) is 0 Å². The van der Waals surface area contributed by atoms with Crippen LogP contribution in [-0.4, -0.2) is 30.1 Å². The Hall–Kier alpha value is -3.51. The van der Waals surface area contributed by atoms with Crippen molar-refractivity contribution in [3.8, 4) is 6.07 Å². The molecule has 1 atom stereocenters. The molecule has 0 fully saturated rings. The number of carbonyl (C=O) groups excluding carboxylic acids is 1. The Morgan fingerprint density at radius 3 is 2.60 bits per heavy atom. The molecule has 0 saturated carbocycles. The van der Waals surface area contributed by atoms with Crippen molar-refractivity contribution >= 4 is 40.3 Å². The second-order valence-corrected chi connectivity index (χ2v) is 6.65. The van der Waals surface area contributed by atoms with Gasteiger partial charge in [0.05, 0.1) is 17.0 Å². The third-order valence-corrected chi connectivity index (χ3v) is 4.54. The first-order valence-corrected chi connectivity index (χ1v) is 9.49. The average Bonchev–Trinajstić information content (AvgIpc) is 2.71. The summed E-state index contributed by atoms with van der Waals surface area (Å²) in [6.07, 6.45) is 0.148. The number of para-hydroxylation sites is 1. The van der Waals surface area contributed by atoms with E-state index >= 15 is 0 Å². The summed E-state index contributed by atoms with van der Waals surface area (Å²) in [5.74, 6) is -0.434. The smallest absolute Gasteiger partial charge is 0.315 e. The predicted octanol–water partition coefficient (Wildman–Crippen LogP) is 5.34. The van der Waals surface area contributed by atoms with Gasteiger partial charge >= 0.3 is 11.7 Å². The molecule has 0 heterocycles. The number of azo groups is 1. The number of benzene rings is 2. The number of ether oxygens (including phenoxy) is 1. The van der Waals surface area contributed by atoms with E-state index in [1.54, 1.807) is 24.3 Å². The average molecular weight is 430 g/mol. The standard InChI is InChI=1S/C20H20ClN5O4/c1-3-25(14(2)13-19(27)30-12-11-22)16-9-7-15(8-10-16)23-24-18-6-4-5-17(21)20(18)26(28)29/h4-10,14H,3,12-13H2,1-2H3. The van der Waals surface area contributed by atoms with Gasteiger partial charge in [-0.3, -0.25) is 14.9 Å². The van der Waals surface area contributed by atoms with Crippen LogP contribution in [0.5, 0.6) is 0 Å². The highest BCUT2D eigenvalue weighted by atomic mass is 35.5. The number of anilines is 1. The number of hydrogen-bond donors (Lipinski definition) is 0. The fourth-order valence-electron chi connectivity index (χ4n) is 2.86. The van der Waals surface area contributed by atoms with E-state index in [9.17, 15) is 14.9 Å². The third kappa shape index (κ3) is 5.99. The zero-order valence-corrected chi connectivity index (χ0v) is 17.2. The quantitative estimate of drug-likeness (QED) is 0.229. The monoisotopic (exact) mass is 429 g/mol. The van der Waals surface area contributed by atoms with Gasteiger partial charge in [-0.05, 0) is 50.2 Å². The van der Waals surface area contributed by atoms with Gasteiger partial charge in [0.15, 0.2) is 12.3 Å². The summed E-state index contributed by atoms with van der Waals surface area (Å²) in [5, 5.41) is 27.7. The van der Waals surface area contributed by atoms with Gasteiger partial charge in [0.1, 0.15) is 11.1 Å². The molecule has 0 aliphatic heterocycles. The normalized spacial score (nSPS) is 11.7. The Labute approximate surface area is 178 Å². The first kappa shape index (κ1) is 22.8. The maximum absolute atomic E-state index is 11.8. The molecule has 0 aromatic heterocycles. The lowest BCUT2D eigenvalue weighted by atomic mass is 10.1. The van der Waals surface area contributed by atoms with Crippen LogP contribution in [0.1, 0.15) is 20.3 Å². The number of rotatable bonds is 9. The molecule has 0 bridgehead atoms. The Kier molecular flexibility index (Phi) is 8.26. The van der Waals surface area contributed by atoms with Gasteiger partial charge in [0, 0.05) is 18.3 Å². The van der Waals surface area contributed by atoms with Gasteiger partial charge in [0.2, 0.25) is 0 Å². The molecule has 0 aliphatic rings. The van der Waals surface area contributed by atoms with Crippen LogP contribution in [0.25, 0.3) is 0 Å². The highest BCUT2D eigenvalue weighted by molar-refractivity contribution is 6.33. The maximum Gasteiger partial charge on any atom is 0.315 e. The molecule has 0 aliphatic carbocycles. The van der Waals surface area contributed by atoms with E-state index in [0.717, 1.165) is 5.69 Å². The van der Waals surface area contributed by atoms with Gasteiger partial charge in [-0.15, -0.1) is 5.11 Å². The lowest BCUT2D eigenvalue weighted by molar-refractivity contribution is -0.383. The molecule has 0 amide bonds. The van der Waals surface area contributed by atoms with Crippen molar-refractivity contribution in [3.05, 3.63) is 57.6 Å². The van der Waals surface area contributed by atoms with Crippen LogP contribution in [0.2, 0.25) is 5.02 Å². The van der Waals surface area contributed by atoms with E-state index in [4.69, 9.17) is 21.6 Å². The number of nitro benzene ring substituents is 1. The zero-order valence-electron chi connectivity index (χ0n) is 16.5. The number of hydrogen-bond acceptors (Lipinski definition) is 8. The summed E-state index contributed by atoms with van der Waals surface area (Å²) < 4.78 is 4.81. The lowest BCUT2D eigenvalue weighted by Gasteiger charge is -2.29. The number of nitriles is 1. The third-order valence-electron chi connectivity index (χ3n) is 4.24. The van der Waals surface area contributed by atoms with Gasteiger partial charge < -0.3 is 9.64 Å². The van der Waals surface area contributed by atoms with Crippen molar-refractivity contribution in [2.75, 3.05) is 18.1 Å². The number of esters is 1. The zero-order chi connectivity index (χ0) is 22.1. The molecule has 9 nitrogen and oxygen atoms in total. The van der Waals surface area contributed by atoms with E-state index in [1.807, 2.05) is 30.9 Å². The molecular formula is C20H20ClN5O4. The second kappa shape index (κ2) is 10.9. The van der Waals surface area contributed by atoms with Crippen molar-refractivity contribution in [1.29, 1.82) is 5.26 Å². The summed E-state index contributed by atoms with van der Waals surface area (Å²) in [4.78, 5) is 24.3. The predicted molar refractivity (Wildman–Crippen MR) is 112 cm³/mol. The summed E-state index contributed by atoms with van der Waals surface area (Å²) in [5.41, 5.74) is 1.14. The van der Waals surface area contributed by atoms with Gasteiger partial charge in [-0.1, -0.05) is 17.7 Å². The fourth-order valence-corrected chi connectivity index (χ4v) is 3.10. The molecule has 0 saturated heterocycles. The van der Waals surface area contributed by atoms with E-state index in [-0.39, 0.29) is 35.5 Å². The summed E-state index contributed by atoms with van der Waals surface area (Å²) >= 11 is 5.87. The molecule has 156 valence electrons. The Bertz CT molecular complexity index is 972. The summed E-state index contributed by atoms with van der Waals surface area (Å²) in [6, 6.07) is 13.2. The van der Waals surface area contributed by atoms with Gasteiger partial charge in [-0.2, -0.15) is 10.4 Å². The highest BCUT2D eigenvalue weighted by Gasteiger charge is 2.19. The lowest BCUT2D eigenvalue weighted by Crippen LogP contribution is -2.35. The molecular weight excluding hydrogens is 410 g/mol. The minimum absolute atomic E-state index is 0.00679. The number of nitrogens with zero attached hydrogens (tertiary/aromatic N) is 5. The number of nitro groups is 1. The van der Waals surface area contributed by atoms with E-state index in [0.29, 0.717) is 12.2 Å². The molecule has 2 aromatic carbocycles. The molecule has 2 aromatic rings. The maximum atomic E-state index is 11.8. The van der Waals surface area contributed by atoms with Crippen molar-refractivity contribution in [2.45, 2.75) is 26.3 Å².